The van der Waals surface area contributed by atoms with E-state index >= 15 is 0 Å². The molecule has 1 spiro atoms. The Balaban J connectivity index is 0.00000243. The van der Waals surface area contributed by atoms with Gasteiger partial charge in [0.1, 0.15) is 4.21 Å². The van der Waals surface area contributed by atoms with Crippen LogP contribution in [0.1, 0.15) is 38.0 Å². The lowest BCUT2D eigenvalue weighted by molar-refractivity contribution is -0.123. The van der Waals surface area contributed by atoms with Crippen LogP contribution < -0.4 is 10.6 Å². The Hall–Kier alpha value is -0.670. The Morgan fingerprint density at radius 2 is 1.96 bits per heavy atom. The van der Waals surface area contributed by atoms with E-state index in [4.69, 9.17) is 0 Å². The number of carbonyl (C=O) groups excluding carboxylic acids is 1. The second-order valence-corrected chi connectivity index (χ2v) is 10.2. The van der Waals surface area contributed by atoms with Gasteiger partial charge in [-0.25, -0.2) is 8.42 Å². The molecule has 1 amide bonds. The Morgan fingerprint density at radius 3 is 2.58 bits per heavy atom. The third-order valence-electron chi connectivity index (χ3n) is 5.48. The minimum Gasteiger partial charge on any atom is -0.351 e. The number of carbonyl (C=O) groups is 1. The monoisotopic (exact) mass is 421 g/mol. The van der Waals surface area contributed by atoms with E-state index < -0.39 is 10.0 Å². The third-order valence-corrected chi connectivity index (χ3v) is 9.08. The van der Waals surface area contributed by atoms with Crippen molar-refractivity contribution in [3.8, 4) is 0 Å². The van der Waals surface area contributed by atoms with E-state index in [0.717, 1.165) is 37.2 Å². The van der Waals surface area contributed by atoms with Gasteiger partial charge in [0.2, 0.25) is 5.91 Å². The number of nitrogens with zero attached hydrogens (tertiary/aromatic N) is 1. The van der Waals surface area contributed by atoms with E-state index in [1.807, 2.05) is 13.8 Å². The molecule has 6 nitrogen and oxygen atoms in total. The number of halogens is 1. The summed E-state index contributed by atoms with van der Waals surface area (Å²) in [4.78, 5) is 13.3. The van der Waals surface area contributed by atoms with Gasteiger partial charge in [0.05, 0.1) is 6.54 Å². The van der Waals surface area contributed by atoms with Crippen LogP contribution in [0.4, 0.5) is 0 Å². The summed E-state index contributed by atoms with van der Waals surface area (Å²) < 4.78 is 26.8. The molecule has 1 atom stereocenters. The molecule has 9 heteroatoms. The molecule has 3 rings (SSSR count). The van der Waals surface area contributed by atoms with Crippen molar-refractivity contribution >= 4 is 39.7 Å². The first-order valence-corrected chi connectivity index (χ1v) is 11.3. The number of piperidine rings is 1. The molecule has 2 fully saturated rings. The van der Waals surface area contributed by atoms with Gasteiger partial charge in [-0.3, -0.25) is 4.79 Å². The van der Waals surface area contributed by atoms with Crippen molar-refractivity contribution in [1.29, 1.82) is 0 Å². The predicted molar refractivity (Wildman–Crippen MR) is 106 cm³/mol. The van der Waals surface area contributed by atoms with Crippen molar-refractivity contribution in [1.82, 2.24) is 14.9 Å². The topological polar surface area (TPSA) is 78.5 Å². The van der Waals surface area contributed by atoms with Crippen molar-refractivity contribution in [2.45, 2.75) is 43.9 Å². The Bertz CT molecular complexity index is 725. The fourth-order valence-corrected chi connectivity index (χ4v) is 6.68. The zero-order chi connectivity index (χ0) is 18.1. The molecule has 0 radical (unpaired) electrons. The van der Waals surface area contributed by atoms with Gasteiger partial charge in [-0.2, -0.15) is 4.31 Å². The highest BCUT2D eigenvalue weighted by atomic mass is 35.5. The standard InChI is InChI=1S/C17H27N3O3S2.ClH/c1-3-20(4-2)25(22,23)15-6-5-13(24-15)12-19-16(21)14-11-17(14)7-9-18-10-8-17;/h5-6,14,18H,3-4,7-12H2,1-2H3,(H,19,21);1H. The van der Waals surface area contributed by atoms with E-state index in [-0.39, 0.29) is 29.6 Å². The fraction of sp³-hybridized carbons (Fsp3) is 0.706. The molecule has 2 aliphatic rings. The number of sulfonamides is 1. The maximum absolute atomic E-state index is 12.5. The molecule has 1 aromatic heterocycles. The smallest absolute Gasteiger partial charge is 0.252 e. The van der Waals surface area contributed by atoms with Crippen LogP contribution in [0.2, 0.25) is 0 Å². The van der Waals surface area contributed by atoms with Crippen molar-refractivity contribution < 1.29 is 13.2 Å². The fourth-order valence-electron chi connectivity index (χ4n) is 3.78. The first-order valence-electron chi connectivity index (χ1n) is 9.00. The van der Waals surface area contributed by atoms with E-state index in [1.54, 1.807) is 12.1 Å². The van der Waals surface area contributed by atoms with Gasteiger partial charge in [-0.05, 0) is 49.9 Å². The van der Waals surface area contributed by atoms with Crippen LogP contribution in [0.3, 0.4) is 0 Å². The van der Waals surface area contributed by atoms with Crippen LogP contribution in [0.5, 0.6) is 0 Å². The molecule has 1 aliphatic heterocycles. The van der Waals surface area contributed by atoms with Gasteiger partial charge < -0.3 is 10.6 Å². The van der Waals surface area contributed by atoms with Crippen molar-refractivity contribution in [3.05, 3.63) is 17.0 Å². The van der Waals surface area contributed by atoms with Gasteiger partial charge >= 0.3 is 0 Å². The van der Waals surface area contributed by atoms with Crippen LogP contribution in [0, 0.1) is 11.3 Å². The molecule has 1 aromatic rings. The van der Waals surface area contributed by atoms with Gasteiger partial charge in [-0.15, -0.1) is 23.7 Å². The van der Waals surface area contributed by atoms with E-state index in [2.05, 4.69) is 10.6 Å². The summed E-state index contributed by atoms with van der Waals surface area (Å²) >= 11 is 1.25. The molecular formula is C17H28ClN3O3S2. The summed E-state index contributed by atoms with van der Waals surface area (Å²) in [6.45, 7) is 7.00. The maximum atomic E-state index is 12.5. The van der Waals surface area contributed by atoms with E-state index in [9.17, 15) is 13.2 Å². The summed E-state index contributed by atoms with van der Waals surface area (Å²) in [6, 6.07) is 3.44. The predicted octanol–water partition coefficient (Wildman–Crippen LogP) is 2.21. The van der Waals surface area contributed by atoms with Gasteiger partial charge in [0.25, 0.3) is 10.0 Å². The minimum absolute atomic E-state index is 0. The number of amides is 1. The molecule has 2 N–H and O–H groups in total. The first-order chi connectivity index (χ1) is 11.9. The number of nitrogens with one attached hydrogen (secondary N) is 2. The number of rotatable bonds is 7. The third kappa shape index (κ3) is 4.25. The molecule has 0 aromatic carbocycles. The van der Waals surface area contributed by atoms with E-state index in [1.165, 1.54) is 15.6 Å². The summed E-state index contributed by atoms with van der Waals surface area (Å²) in [5.41, 5.74) is 0.224. The second kappa shape index (κ2) is 8.56. The molecule has 26 heavy (non-hydrogen) atoms. The lowest BCUT2D eigenvalue weighted by atomic mass is 9.92. The summed E-state index contributed by atoms with van der Waals surface area (Å²) in [7, 11) is -3.41. The van der Waals surface area contributed by atoms with Gasteiger partial charge in [0, 0.05) is 23.9 Å². The summed E-state index contributed by atoms with van der Waals surface area (Å²) in [5, 5.41) is 6.34. The molecular weight excluding hydrogens is 394 g/mol. The van der Waals surface area contributed by atoms with Gasteiger partial charge in [0.15, 0.2) is 0 Å². The van der Waals surface area contributed by atoms with Crippen molar-refractivity contribution in [2.75, 3.05) is 26.2 Å². The molecule has 1 unspecified atom stereocenters. The SMILES string of the molecule is CCN(CC)S(=O)(=O)c1ccc(CNC(=O)C2CC23CCNCC3)s1.Cl. The molecule has 1 aliphatic carbocycles. The largest absolute Gasteiger partial charge is 0.351 e. The first kappa shape index (κ1) is 21.6. The lowest BCUT2D eigenvalue weighted by Gasteiger charge is -2.23. The van der Waals surface area contributed by atoms with Gasteiger partial charge in [-0.1, -0.05) is 13.8 Å². The highest BCUT2D eigenvalue weighted by Gasteiger charge is 2.57. The summed E-state index contributed by atoms with van der Waals surface area (Å²) in [5.74, 6) is 0.247. The number of hydrogen-bond donors (Lipinski definition) is 2. The minimum atomic E-state index is -3.41. The Labute approximate surface area is 166 Å². The second-order valence-electron chi connectivity index (χ2n) is 6.90. The zero-order valence-corrected chi connectivity index (χ0v) is 17.7. The molecule has 1 saturated carbocycles. The molecule has 2 heterocycles. The maximum Gasteiger partial charge on any atom is 0.252 e. The highest BCUT2D eigenvalue weighted by molar-refractivity contribution is 7.91. The van der Waals surface area contributed by atoms with Crippen LogP contribution in [0.15, 0.2) is 16.3 Å². The quantitative estimate of drug-likeness (QED) is 0.707. The molecule has 1 saturated heterocycles. The van der Waals surface area contributed by atoms with Crippen LogP contribution in [-0.4, -0.2) is 44.8 Å². The molecule has 148 valence electrons. The van der Waals surface area contributed by atoms with Crippen LogP contribution in [-0.2, 0) is 21.4 Å². The zero-order valence-electron chi connectivity index (χ0n) is 15.3. The number of hydrogen-bond acceptors (Lipinski definition) is 5. The van der Waals surface area contributed by atoms with Crippen molar-refractivity contribution in [3.63, 3.8) is 0 Å². The highest BCUT2D eigenvalue weighted by Crippen LogP contribution is 2.58. The van der Waals surface area contributed by atoms with Crippen molar-refractivity contribution in [2.24, 2.45) is 11.3 Å². The summed E-state index contributed by atoms with van der Waals surface area (Å²) in [6.07, 6.45) is 3.15. The average molecular weight is 422 g/mol. The average Bonchev–Trinajstić information content (AvgIpc) is 3.07. The van der Waals surface area contributed by atoms with E-state index in [0.29, 0.717) is 23.8 Å². The number of thiophene rings is 1. The van der Waals surface area contributed by atoms with Crippen LogP contribution >= 0.6 is 23.7 Å². The normalized spacial score (nSPS) is 21.4. The Morgan fingerprint density at radius 1 is 1.31 bits per heavy atom. The lowest BCUT2D eigenvalue weighted by Crippen LogP contribution is -2.33. The Kier molecular flexibility index (Phi) is 7.12. The molecule has 0 bridgehead atoms. The van der Waals surface area contributed by atoms with Crippen LogP contribution in [0.25, 0.3) is 0 Å².